The molecule has 1 heterocycles. The Hall–Kier alpha value is -1.80. The second-order valence-electron chi connectivity index (χ2n) is 4.73. The second-order valence-corrected chi connectivity index (χ2v) is 6.40. The van der Waals surface area contributed by atoms with E-state index in [0.29, 0.717) is 24.3 Å². The van der Waals surface area contributed by atoms with Crippen molar-refractivity contribution in [2.24, 2.45) is 10.9 Å². The number of nitrogens with zero attached hydrogens (tertiary/aromatic N) is 2. The number of aryl methyl sites for hydroxylation is 1. The fraction of sp³-hybridized carbons (Fsp3) is 0.417. The minimum atomic E-state index is -3.54. The van der Waals surface area contributed by atoms with E-state index in [1.165, 1.54) is 4.31 Å². The molecule has 2 rings (SSSR count). The fourth-order valence-corrected chi connectivity index (χ4v) is 3.45. The summed E-state index contributed by atoms with van der Waals surface area (Å²) >= 11 is 0. The number of oxime groups is 1. The molecule has 1 aromatic rings. The van der Waals surface area contributed by atoms with Gasteiger partial charge in [0.05, 0.1) is 5.69 Å². The maximum absolute atomic E-state index is 12.2. The predicted octanol–water partition coefficient (Wildman–Crippen LogP) is 0.842. The van der Waals surface area contributed by atoms with Gasteiger partial charge in [-0.05, 0) is 31.4 Å². The zero-order valence-electron chi connectivity index (χ0n) is 11.2. The Bertz CT molecular complexity index is 622. The number of nitrogens with one attached hydrogen (secondary N) is 1. The predicted molar refractivity (Wildman–Crippen MR) is 77.0 cm³/mol. The number of amidine groups is 1. The van der Waals surface area contributed by atoms with Gasteiger partial charge in [0.25, 0.3) is 0 Å². The molecule has 7 nitrogen and oxygen atoms in total. The van der Waals surface area contributed by atoms with Crippen LogP contribution >= 0.6 is 0 Å². The Morgan fingerprint density at radius 2 is 2.05 bits per heavy atom. The van der Waals surface area contributed by atoms with Crippen molar-refractivity contribution in [1.29, 1.82) is 0 Å². The van der Waals surface area contributed by atoms with E-state index in [1.807, 2.05) is 0 Å². The summed E-state index contributed by atoms with van der Waals surface area (Å²) in [5, 5.41) is 11.6. The van der Waals surface area contributed by atoms with Crippen LogP contribution in [0.3, 0.4) is 0 Å². The largest absolute Gasteiger partial charge is 0.409 e. The Balaban J connectivity index is 2.28. The number of hydrogen-bond acceptors (Lipinski definition) is 4. The Labute approximate surface area is 118 Å². The zero-order chi connectivity index (χ0) is 14.8. The molecule has 0 radical (unpaired) electrons. The lowest BCUT2D eigenvalue weighted by Crippen LogP contribution is -2.33. The fourth-order valence-electron chi connectivity index (χ4n) is 2.08. The number of hydrogen-bond donors (Lipinski definition) is 3. The molecule has 4 N–H and O–H groups in total. The van der Waals surface area contributed by atoms with Crippen molar-refractivity contribution < 1.29 is 13.6 Å². The van der Waals surface area contributed by atoms with E-state index in [-0.39, 0.29) is 5.84 Å². The van der Waals surface area contributed by atoms with Crippen LogP contribution in [-0.2, 0) is 10.2 Å². The summed E-state index contributed by atoms with van der Waals surface area (Å²) in [7, 11) is -3.54. The lowest BCUT2D eigenvalue weighted by molar-refractivity contribution is 0.318. The van der Waals surface area contributed by atoms with Crippen LogP contribution in [0.5, 0.6) is 0 Å². The Kier molecular flexibility index (Phi) is 4.15. The average Bonchev–Trinajstić information content (AvgIpc) is 2.95. The number of anilines is 1. The maximum Gasteiger partial charge on any atom is 0.301 e. The van der Waals surface area contributed by atoms with Gasteiger partial charge in [0.1, 0.15) is 0 Å². The summed E-state index contributed by atoms with van der Waals surface area (Å²) in [6.45, 7) is 2.86. The van der Waals surface area contributed by atoms with Crippen LogP contribution in [0.1, 0.15) is 24.0 Å². The highest BCUT2D eigenvalue weighted by atomic mass is 32.2. The molecule has 0 atom stereocenters. The molecule has 110 valence electrons. The highest BCUT2D eigenvalue weighted by Gasteiger charge is 2.25. The summed E-state index contributed by atoms with van der Waals surface area (Å²) < 4.78 is 28.4. The van der Waals surface area contributed by atoms with Crippen molar-refractivity contribution in [3.8, 4) is 0 Å². The first-order chi connectivity index (χ1) is 9.44. The van der Waals surface area contributed by atoms with Gasteiger partial charge in [-0.3, -0.25) is 4.72 Å². The van der Waals surface area contributed by atoms with E-state index in [0.717, 1.165) is 18.4 Å². The first-order valence-corrected chi connectivity index (χ1v) is 7.74. The average molecular weight is 298 g/mol. The van der Waals surface area contributed by atoms with Gasteiger partial charge in [-0.2, -0.15) is 12.7 Å². The Morgan fingerprint density at radius 3 is 2.65 bits per heavy atom. The van der Waals surface area contributed by atoms with E-state index < -0.39 is 10.2 Å². The summed E-state index contributed by atoms with van der Waals surface area (Å²) in [5.41, 5.74) is 7.16. The van der Waals surface area contributed by atoms with Crippen LogP contribution < -0.4 is 10.5 Å². The monoisotopic (exact) mass is 298 g/mol. The molecule has 1 aliphatic heterocycles. The molecule has 1 fully saturated rings. The molecule has 8 heteroatoms. The first kappa shape index (κ1) is 14.6. The first-order valence-electron chi connectivity index (χ1n) is 6.30. The zero-order valence-corrected chi connectivity index (χ0v) is 12.0. The van der Waals surface area contributed by atoms with Crippen LogP contribution in [0.2, 0.25) is 0 Å². The van der Waals surface area contributed by atoms with Gasteiger partial charge in [-0.15, -0.1) is 0 Å². The summed E-state index contributed by atoms with van der Waals surface area (Å²) in [5.74, 6) is -0.0633. The van der Waals surface area contributed by atoms with Gasteiger partial charge in [0.2, 0.25) is 0 Å². The van der Waals surface area contributed by atoms with Crippen LogP contribution in [0.25, 0.3) is 0 Å². The summed E-state index contributed by atoms with van der Waals surface area (Å²) in [4.78, 5) is 0. The van der Waals surface area contributed by atoms with Gasteiger partial charge in [0, 0.05) is 18.7 Å². The lowest BCUT2D eigenvalue weighted by atomic mass is 10.1. The molecule has 20 heavy (non-hydrogen) atoms. The third-order valence-corrected chi connectivity index (χ3v) is 4.81. The SMILES string of the molecule is Cc1ccc(C(N)=NO)cc1NS(=O)(=O)N1CCCC1. The third kappa shape index (κ3) is 3.02. The highest BCUT2D eigenvalue weighted by molar-refractivity contribution is 7.90. The van der Waals surface area contributed by atoms with E-state index in [2.05, 4.69) is 9.88 Å². The Morgan fingerprint density at radius 1 is 1.40 bits per heavy atom. The maximum atomic E-state index is 12.2. The van der Waals surface area contributed by atoms with Gasteiger partial charge in [0.15, 0.2) is 5.84 Å². The molecule has 1 aliphatic rings. The lowest BCUT2D eigenvalue weighted by Gasteiger charge is -2.18. The normalized spacial score (nSPS) is 17.4. The molecule has 0 saturated carbocycles. The molecule has 0 spiro atoms. The van der Waals surface area contributed by atoms with Gasteiger partial charge < -0.3 is 10.9 Å². The number of nitrogens with two attached hydrogens (primary N) is 1. The molecule has 0 aliphatic carbocycles. The standard InChI is InChI=1S/C12H18N4O3S/c1-9-4-5-10(12(13)14-17)8-11(9)15-20(18,19)16-6-2-3-7-16/h4-5,8,15,17H,2-3,6-7H2,1H3,(H2,13,14). The molecular weight excluding hydrogens is 280 g/mol. The third-order valence-electron chi connectivity index (χ3n) is 3.28. The summed E-state index contributed by atoms with van der Waals surface area (Å²) in [6.07, 6.45) is 1.76. The van der Waals surface area contributed by atoms with Gasteiger partial charge >= 0.3 is 10.2 Å². The minimum absolute atomic E-state index is 0.0633. The van der Waals surface area contributed by atoms with E-state index in [4.69, 9.17) is 10.9 Å². The van der Waals surface area contributed by atoms with Crippen molar-refractivity contribution in [3.05, 3.63) is 29.3 Å². The van der Waals surface area contributed by atoms with Gasteiger partial charge in [-0.1, -0.05) is 17.3 Å². The van der Waals surface area contributed by atoms with Crippen molar-refractivity contribution in [3.63, 3.8) is 0 Å². The second kappa shape index (κ2) is 5.68. The number of benzene rings is 1. The van der Waals surface area contributed by atoms with E-state index >= 15 is 0 Å². The quantitative estimate of drug-likeness (QED) is 0.331. The van der Waals surface area contributed by atoms with Crippen molar-refractivity contribution in [1.82, 2.24) is 4.31 Å². The van der Waals surface area contributed by atoms with Crippen LogP contribution in [-0.4, -0.2) is 36.9 Å². The molecular formula is C12H18N4O3S. The van der Waals surface area contributed by atoms with Crippen LogP contribution in [0.4, 0.5) is 5.69 Å². The van der Waals surface area contributed by atoms with E-state index in [1.54, 1.807) is 25.1 Å². The molecule has 0 bridgehead atoms. The smallest absolute Gasteiger partial charge is 0.301 e. The van der Waals surface area contributed by atoms with Crippen molar-refractivity contribution in [2.45, 2.75) is 19.8 Å². The summed E-state index contributed by atoms with van der Waals surface area (Å²) in [6, 6.07) is 4.94. The van der Waals surface area contributed by atoms with Crippen molar-refractivity contribution in [2.75, 3.05) is 17.8 Å². The molecule has 0 unspecified atom stereocenters. The molecule has 0 aromatic heterocycles. The van der Waals surface area contributed by atoms with Crippen molar-refractivity contribution >= 4 is 21.7 Å². The topological polar surface area (TPSA) is 108 Å². The van der Waals surface area contributed by atoms with Crippen LogP contribution in [0, 0.1) is 6.92 Å². The molecule has 0 amide bonds. The van der Waals surface area contributed by atoms with Gasteiger partial charge in [-0.25, -0.2) is 0 Å². The van der Waals surface area contributed by atoms with Crippen LogP contribution in [0.15, 0.2) is 23.4 Å². The van der Waals surface area contributed by atoms with E-state index in [9.17, 15) is 8.42 Å². The number of rotatable bonds is 4. The molecule has 1 aromatic carbocycles. The minimum Gasteiger partial charge on any atom is -0.409 e. The highest BCUT2D eigenvalue weighted by Crippen LogP contribution is 2.21. The molecule has 1 saturated heterocycles.